The summed E-state index contributed by atoms with van der Waals surface area (Å²) in [6.07, 6.45) is 1.19. The smallest absolute Gasteiger partial charge is 0.138 e. The maximum atomic E-state index is 9.92. The lowest BCUT2D eigenvalue weighted by Crippen LogP contribution is -2.24. The molecule has 1 aliphatic rings. The van der Waals surface area contributed by atoms with Gasteiger partial charge in [0.05, 0.1) is 5.02 Å². The summed E-state index contributed by atoms with van der Waals surface area (Å²) in [4.78, 5) is 2.32. The highest BCUT2D eigenvalue weighted by Gasteiger charge is 2.22. The van der Waals surface area contributed by atoms with Crippen molar-refractivity contribution in [3.8, 4) is 5.75 Å². The SMILES string of the molecule is CNCC1CCN(Cc2cc(Cl)cc(Cl)c2O)C1. The van der Waals surface area contributed by atoms with Crippen LogP contribution in [-0.2, 0) is 6.54 Å². The van der Waals surface area contributed by atoms with Crippen molar-refractivity contribution in [2.75, 3.05) is 26.7 Å². The average Bonchev–Trinajstić information content (AvgIpc) is 2.73. The maximum absolute atomic E-state index is 9.92. The Morgan fingerprint density at radius 3 is 2.94 bits per heavy atom. The summed E-state index contributed by atoms with van der Waals surface area (Å²) in [5, 5.41) is 14.0. The molecule has 0 spiro atoms. The molecule has 0 bridgehead atoms. The first-order valence-electron chi connectivity index (χ1n) is 6.14. The van der Waals surface area contributed by atoms with Crippen LogP contribution in [0, 0.1) is 5.92 Å². The van der Waals surface area contributed by atoms with Crippen LogP contribution >= 0.6 is 23.2 Å². The zero-order chi connectivity index (χ0) is 13.1. The number of aromatic hydroxyl groups is 1. The number of rotatable bonds is 4. The standard InChI is InChI=1S/C13H18Cl2N2O/c1-16-6-9-2-3-17(7-9)8-10-4-11(14)5-12(15)13(10)18/h4-5,9,16,18H,2-3,6-8H2,1H3. The van der Waals surface area contributed by atoms with Gasteiger partial charge in [0.1, 0.15) is 5.75 Å². The second-order valence-corrected chi connectivity index (χ2v) is 5.69. The molecule has 100 valence electrons. The van der Waals surface area contributed by atoms with E-state index in [1.807, 2.05) is 7.05 Å². The predicted molar refractivity (Wildman–Crippen MR) is 75.4 cm³/mol. The molecule has 0 radical (unpaired) electrons. The minimum absolute atomic E-state index is 0.151. The zero-order valence-corrected chi connectivity index (χ0v) is 11.9. The third kappa shape index (κ3) is 3.29. The number of hydrogen-bond donors (Lipinski definition) is 2. The summed E-state index contributed by atoms with van der Waals surface area (Å²) in [6.45, 7) is 3.84. The van der Waals surface area contributed by atoms with E-state index in [0.717, 1.165) is 25.2 Å². The van der Waals surface area contributed by atoms with Crippen LogP contribution in [0.25, 0.3) is 0 Å². The van der Waals surface area contributed by atoms with Crippen molar-refractivity contribution in [3.05, 3.63) is 27.7 Å². The lowest BCUT2D eigenvalue weighted by atomic mass is 10.1. The molecule has 2 N–H and O–H groups in total. The summed E-state index contributed by atoms with van der Waals surface area (Å²) < 4.78 is 0. The highest BCUT2D eigenvalue weighted by molar-refractivity contribution is 6.35. The number of phenols is 1. The number of halogens is 2. The van der Waals surface area contributed by atoms with Gasteiger partial charge in [0.25, 0.3) is 0 Å². The number of hydrogen-bond acceptors (Lipinski definition) is 3. The third-order valence-electron chi connectivity index (χ3n) is 3.36. The van der Waals surface area contributed by atoms with E-state index in [0.29, 0.717) is 22.5 Å². The molecule has 1 aromatic rings. The van der Waals surface area contributed by atoms with Crippen LogP contribution < -0.4 is 5.32 Å². The number of likely N-dealkylation sites (tertiary alicyclic amines) is 1. The van der Waals surface area contributed by atoms with Crippen LogP contribution in [0.1, 0.15) is 12.0 Å². The van der Waals surface area contributed by atoms with E-state index >= 15 is 0 Å². The van der Waals surface area contributed by atoms with Gasteiger partial charge in [0.15, 0.2) is 0 Å². The van der Waals surface area contributed by atoms with Crippen molar-refractivity contribution in [1.82, 2.24) is 10.2 Å². The fourth-order valence-electron chi connectivity index (χ4n) is 2.49. The molecule has 3 nitrogen and oxygen atoms in total. The molecule has 0 aromatic heterocycles. The number of phenolic OH excluding ortho intramolecular Hbond substituents is 1. The van der Waals surface area contributed by atoms with E-state index in [-0.39, 0.29) is 5.75 Å². The van der Waals surface area contributed by atoms with Gasteiger partial charge in [-0.15, -0.1) is 0 Å². The molecule has 0 aliphatic carbocycles. The Bertz CT molecular complexity index is 426. The quantitative estimate of drug-likeness (QED) is 0.894. The minimum atomic E-state index is 0.151. The first kappa shape index (κ1) is 13.9. The van der Waals surface area contributed by atoms with E-state index in [2.05, 4.69) is 10.2 Å². The van der Waals surface area contributed by atoms with E-state index in [9.17, 15) is 5.11 Å². The monoisotopic (exact) mass is 288 g/mol. The van der Waals surface area contributed by atoms with Gasteiger partial charge in [0, 0.05) is 23.7 Å². The molecule has 1 atom stereocenters. The van der Waals surface area contributed by atoms with Crippen molar-refractivity contribution in [2.45, 2.75) is 13.0 Å². The van der Waals surface area contributed by atoms with Crippen molar-refractivity contribution in [3.63, 3.8) is 0 Å². The molecule has 0 saturated carbocycles. The highest BCUT2D eigenvalue weighted by atomic mass is 35.5. The van der Waals surface area contributed by atoms with Crippen molar-refractivity contribution >= 4 is 23.2 Å². The molecule has 1 unspecified atom stereocenters. The van der Waals surface area contributed by atoms with Crippen LogP contribution in [-0.4, -0.2) is 36.7 Å². The van der Waals surface area contributed by atoms with Gasteiger partial charge in [-0.3, -0.25) is 4.90 Å². The molecule has 0 amide bonds. The summed E-state index contributed by atoms with van der Waals surface area (Å²) in [5.74, 6) is 0.838. The zero-order valence-electron chi connectivity index (χ0n) is 10.4. The fraction of sp³-hybridized carbons (Fsp3) is 0.538. The Labute approximate surface area is 118 Å². The Kier molecular flexibility index (Phi) is 4.73. The second-order valence-electron chi connectivity index (χ2n) is 4.84. The van der Waals surface area contributed by atoms with Crippen molar-refractivity contribution < 1.29 is 5.11 Å². The largest absolute Gasteiger partial charge is 0.506 e. The van der Waals surface area contributed by atoms with Crippen LogP contribution in [0.5, 0.6) is 5.75 Å². The summed E-state index contributed by atoms with van der Waals surface area (Å²) in [6, 6.07) is 3.35. The van der Waals surface area contributed by atoms with Crippen LogP contribution in [0.3, 0.4) is 0 Å². The fourth-order valence-corrected chi connectivity index (χ4v) is 3.03. The Morgan fingerprint density at radius 1 is 1.44 bits per heavy atom. The van der Waals surface area contributed by atoms with Gasteiger partial charge in [-0.05, 0) is 44.6 Å². The number of nitrogens with zero attached hydrogens (tertiary/aromatic N) is 1. The van der Waals surface area contributed by atoms with Crippen LogP contribution in [0.15, 0.2) is 12.1 Å². The average molecular weight is 289 g/mol. The summed E-state index contributed by atoms with van der Waals surface area (Å²) in [5.41, 5.74) is 0.803. The second kappa shape index (κ2) is 6.11. The van der Waals surface area contributed by atoms with E-state index in [1.165, 1.54) is 6.42 Å². The van der Waals surface area contributed by atoms with Gasteiger partial charge >= 0.3 is 0 Å². The third-order valence-corrected chi connectivity index (χ3v) is 3.87. The molecule has 1 saturated heterocycles. The molecule has 1 aromatic carbocycles. The molecular formula is C13H18Cl2N2O. The predicted octanol–water partition coefficient (Wildman–Crippen LogP) is 2.74. The maximum Gasteiger partial charge on any atom is 0.138 e. The Morgan fingerprint density at radius 2 is 2.22 bits per heavy atom. The molecule has 1 fully saturated rings. The van der Waals surface area contributed by atoms with Gasteiger partial charge in [-0.2, -0.15) is 0 Å². The summed E-state index contributed by atoms with van der Waals surface area (Å²) >= 11 is 11.9. The van der Waals surface area contributed by atoms with Gasteiger partial charge in [-0.25, -0.2) is 0 Å². The number of benzene rings is 1. The lowest BCUT2D eigenvalue weighted by molar-refractivity contribution is 0.309. The summed E-state index contributed by atoms with van der Waals surface area (Å²) in [7, 11) is 1.98. The topological polar surface area (TPSA) is 35.5 Å². The normalized spacial score (nSPS) is 20.5. The van der Waals surface area contributed by atoms with Crippen LogP contribution in [0.4, 0.5) is 0 Å². The molecule has 2 rings (SSSR count). The molecule has 1 heterocycles. The van der Waals surface area contributed by atoms with Gasteiger partial charge in [0.2, 0.25) is 0 Å². The first-order valence-corrected chi connectivity index (χ1v) is 6.89. The van der Waals surface area contributed by atoms with Gasteiger partial charge in [-0.1, -0.05) is 23.2 Å². The molecule has 5 heteroatoms. The van der Waals surface area contributed by atoms with E-state index < -0.39 is 0 Å². The highest BCUT2D eigenvalue weighted by Crippen LogP contribution is 2.32. The molecule has 18 heavy (non-hydrogen) atoms. The molecule has 1 aliphatic heterocycles. The van der Waals surface area contributed by atoms with Crippen molar-refractivity contribution in [2.24, 2.45) is 5.92 Å². The Balaban J connectivity index is 2.02. The van der Waals surface area contributed by atoms with Crippen molar-refractivity contribution in [1.29, 1.82) is 0 Å². The lowest BCUT2D eigenvalue weighted by Gasteiger charge is -2.17. The van der Waals surface area contributed by atoms with Gasteiger partial charge < -0.3 is 10.4 Å². The molecular weight excluding hydrogens is 271 g/mol. The van der Waals surface area contributed by atoms with E-state index in [4.69, 9.17) is 23.2 Å². The van der Waals surface area contributed by atoms with E-state index in [1.54, 1.807) is 12.1 Å². The minimum Gasteiger partial charge on any atom is -0.506 e. The van der Waals surface area contributed by atoms with Crippen LogP contribution in [0.2, 0.25) is 10.0 Å². The Hall–Kier alpha value is -0.480. The first-order chi connectivity index (χ1) is 8.60. The number of nitrogens with one attached hydrogen (secondary N) is 1.